The lowest BCUT2D eigenvalue weighted by Gasteiger charge is -2.15. The average Bonchev–Trinajstić information content (AvgIpc) is 2.85. The lowest BCUT2D eigenvalue weighted by molar-refractivity contribution is 0.439. The first-order chi connectivity index (χ1) is 15.6. The maximum atomic E-state index is 14.4. The van der Waals surface area contributed by atoms with Crippen molar-refractivity contribution in [3.8, 4) is 11.5 Å². The Kier molecular flexibility index (Phi) is 7.19. The Hall–Kier alpha value is -3.16. The van der Waals surface area contributed by atoms with Crippen LogP contribution < -0.4 is 9.05 Å². The summed E-state index contributed by atoms with van der Waals surface area (Å²) in [5.41, 5.74) is 4.77. The van der Waals surface area contributed by atoms with Crippen molar-refractivity contribution in [1.82, 2.24) is 0 Å². The van der Waals surface area contributed by atoms with Crippen molar-refractivity contribution in [1.29, 1.82) is 0 Å². The molecule has 2 atom stereocenters. The first-order valence-corrected chi connectivity index (χ1v) is 11.8. The topological polar surface area (TPSA) is 18.5 Å². The zero-order valence-electron chi connectivity index (χ0n) is 18.2. The highest BCUT2D eigenvalue weighted by Crippen LogP contribution is 2.42. The maximum Gasteiger partial charge on any atom is 0.505 e. The lowest BCUT2D eigenvalue weighted by Crippen LogP contribution is -1.97. The maximum absolute atomic E-state index is 14.4. The molecular formula is C28H26FO2P. The summed E-state index contributed by atoms with van der Waals surface area (Å²) in [6, 6.07) is 35.6. The molecular weight excluding hydrogens is 418 g/mol. The molecule has 4 aromatic carbocycles. The molecule has 2 nitrogen and oxygen atoms in total. The molecule has 0 N–H and O–H groups in total. The van der Waals surface area contributed by atoms with Crippen LogP contribution >= 0.6 is 8.69 Å². The van der Waals surface area contributed by atoms with Gasteiger partial charge in [0.2, 0.25) is 0 Å². The predicted octanol–water partition coefficient (Wildman–Crippen LogP) is 8.64. The second kappa shape index (κ2) is 10.4. The van der Waals surface area contributed by atoms with E-state index in [2.05, 4.69) is 38.1 Å². The Morgan fingerprint density at radius 3 is 1.16 bits per heavy atom. The van der Waals surface area contributed by atoms with E-state index in [9.17, 15) is 4.20 Å². The van der Waals surface area contributed by atoms with Gasteiger partial charge in [-0.15, -0.1) is 4.20 Å². The van der Waals surface area contributed by atoms with Crippen molar-refractivity contribution in [2.75, 3.05) is 0 Å². The molecule has 0 radical (unpaired) electrons. The Morgan fingerprint density at radius 2 is 0.812 bits per heavy atom. The molecule has 0 aromatic heterocycles. The fraction of sp³-hybridized carbons (Fsp3) is 0.143. The number of benzene rings is 4. The van der Waals surface area contributed by atoms with Crippen LogP contribution in [0.1, 0.15) is 47.9 Å². The van der Waals surface area contributed by atoms with Crippen LogP contribution in [0.3, 0.4) is 0 Å². The van der Waals surface area contributed by atoms with E-state index < -0.39 is 8.69 Å². The van der Waals surface area contributed by atoms with E-state index in [1.54, 1.807) is 24.3 Å². The van der Waals surface area contributed by atoms with E-state index in [0.29, 0.717) is 11.5 Å². The van der Waals surface area contributed by atoms with Gasteiger partial charge in [-0.1, -0.05) is 98.8 Å². The molecule has 32 heavy (non-hydrogen) atoms. The third-order valence-corrected chi connectivity index (χ3v) is 6.42. The van der Waals surface area contributed by atoms with Crippen LogP contribution in [0.25, 0.3) is 0 Å². The summed E-state index contributed by atoms with van der Waals surface area (Å²) < 4.78 is 25.2. The van der Waals surface area contributed by atoms with Crippen LogP contribution in [0.2, 0.25) is 0 Å². The highest BCUT2D eigenvalue weighted by Gasteiger charge is 2.16. The minimum atomic E-state index is -2.57. The van der Waals surface area contributed by atoms with E-state index in [0.717, 1.165) is 11.1 Å². The van der Waals surface area contributed by atoms with Crippen LogP contribution in [0, 0.1) is 0 Å². The first-order valence-electron chi connectivity index (χ1n) is 10.7. The van der Waals surface area contributed by atoms with Gasteiger partial charge >= 0.3 is 8.69 Å². The van der Waals surface area contributed by atoms with Crippen molar-refractivity contribution in [2.45, 2.75) is 25.7 Å². The number of rotatable bonds is 8. The van der Waals surface area contributed by atoms with Gasteiger partial charge in [0, 0.05) is 11.8 Å². The molecule has 4 rings (SSSR count). The molecule has 0 bridgehead atoms. The summed E-state index contributed by atoms with van der Waals surface area (Å²) in [4.78, 5) is 0. The van der Waals surface area contributed by atoms with Crippen LogP contribution in [0.5, 0.6) is 11.5 Å². The average molecular weight is 444 g/mol. The highest BCUT2D eigenvalue weighted by atomic mass is 31.2. The van der Waals surface area contributed by atoms with Crippen molar-refractivity contribution < 1.29 is 13.2 Å². The van der Waals surface area contributed by atoms with Crippen molar-refractivity contribution >= 4 is 8.69 Å². The molecule has 0 saturated carbocycles. The molecule has 0 heterocycles. The number of hydrogen-bond acceptors (Lipinski definition) is 2. The predicted molar refractivity (Wildman–Crippen MR) is 130 cm³/mol. The van der Waals surface area contributed by atoms with E-state index in [-0.39, 0.29) is 11.8 Å². The fourth-order valence-electron chi connectivity index (χ4n) is 3.69. The summed E-state index contributed by atoms with van der Waals surface area (Å²) in [5.74, 6) is 1.42. The van der Waals surface area contributed by atoms with Gasteiger partial charge < -0.3 is 9.05 Å². The molecule has 0 aliphatic rings. The largest absolute Gasteiger partial charge is 0.505 e. The van der Waals surface area contributed by atoms with E-state index >= 15 is 0 Å². The standard InChI is InChI=1S/C28H26FO2P/c1-21(23-9-5-3-6-10-23)25-13-17-27(18-14-25)30-32(29)31-28-19-15-26(16-20-28)22(2)24-11-7-4-8-12-24/h3-22H,1-2H3. The van der Waals surface area contributed by atoms with Gasteiger partial charge in [-0.3, -0.25) is 0 Å². The monoisotopic (exact) mass is 444 g/mol. The molecule has 0 saturated heterocycles. The molecule has 0 amide bonds. The summed E-state index contributed by atoms with van der Waals surface area (Å²) in [7, 11) is -2.57. The van der Waals surface area contributed by atoms with Crippen LogP contribution in [-0.2, 0) is 0 Å². The molecule has 162 valence electrons. The fourth-order valence-corrected chi connectivity index (χ4v) is 4.30. The van der Waals surface area contributed by atoms with Crippen LogP contribution in [0.4, 0.5) is 4.20 Å². The van der Waals surface area contributed by atoms with Gasteiger partial charge in [0.25, 0.3) is 0 Å². The quantitative estimate of drug-likeness (QED) is 0.253. The van der Waals surface area contributed by atoms with Crippen LogP contribution in [-0.4, -0.2) is 0 Å². The Balaban J connectivity index is 1.34. The summed E-state index contributed by atoms with van der Waals surface area (Å²) in [6.07, 6.45) is 0. The van der Waals surface area contributed by atoms with Crippen molar-refractivity contribution in [3.63, 3.8) is 0 Å². The molecule has 0 aliphatic carbocycles. The smallest absolute Gasteiger partial charge is 0.415 e. The van der Waals surface area contributed by atoms with E-state index in [1.807, 2.05) is 60.7 Å². The van der Waals surface area contributed by atoms with Gasteiger partial charge in [-0.2, -0.15) is 0 Å². The number of halogens is 1. The first kappa shape index (κ1) is 22.0. The third kappa shape index (κ3) is 5.55. The molecule has 4 aromatic rings. The zero-order chi connectivity index (χ0) is 22.3. The molecule has 0 fully saturated rings. The van der Waals surface area contributed by atoms with Gasteiger partial charge in [0.05, 0.1) is 0 Å². The summed E-state index contributed by atoms with van der Waals surface area (Å²) >= 11 is 0. The van der Waals surface area contributed by atoms with Gasteiger partial charge in [-0.25, -0.2) is 0 Å². The number of hydrogen-bond donors (Lipinski definition) is 0. The van der Waals surface area contributed by atoms with Crippen molar-refractivity contribution in [3.05, 3.63) is 131 Å². The summed E-state index contributed by atoms with van der Waals surface area (Å²) in [6.45, 7) is 4.30. The van der Waals surface area contributed by atoms with Gasteiger partial charge in [0.1, 0.15) is 11.5 Å². The normalized spacial score (nSPS) is 13.7. The Morgan fingerprint density at radius 1 is 0.500 bits per heavy atom. The lowest BCUT2D eigenvalue weighted by atomic mass is 9.93. The Bertz CT molecular complexity index is 1010. The molecule has 0 spiro atoms. The summed E-state index contributed by atoms with van der Waals surface area (Å²) in [5, 5.41) is 0. The zero-order valence-corrected chi connectivity index (χ0v) is 19.1. The Labute approximate surface area is 190 Å². The van der Waals surface area contributed by atoms with Crippen molar-refractivity contribution in [2.24, 2.45) is 0 Å². The van der Waals surface area contributed by atoms with Crippen LogP contribution in [0.15, 0.2) is 109 Å². The van der Waals surface area contributed by atoms with E-state index in [4.69, 9.17) is 9.05 Å². The molecule has 2 unspecified atom stereocenters. The third-order valence-electron chi connectivity index (χ3n) is 5.71. The minimum Gasteiger partial charge on any atom is -0.415 e. The second-order valence-corrected chi connectivity index (χ2v) is 8.59. The SMILES string of the molecule is CC(c1ccccc1)c1ccc(OP(F)Oc2ccc(C(C)c3ccccc3)cc2)cc1. The second-order valence-electron chi connectivity index (χ2n) is 7.80. The highest BCUT2D eigenvalue weighted by molar-refractivity contribution is 7.42. The molecule has 0 aliphatic heterocycles. The molecule has 4 heteroatoms. The van der Waals surface area contributed by atoms with E-state index in [1.165, 1.54) is 11.1 Å². The minimum absolute atomic E-state index is 0.255. The van der Waals surface area contributed by atoms with Gasteiger partial charge in [-0.05, 0) is 46.5 Å². The van der Waals surface area contributed by atoms with Gasteiger partial charge in [0.15, 0.2) is 0 Å².